The molecule has 0 saturated heterocycles. The van der Waals surface area contributed by atoms with Gasteiger partial charge < -0.3 is 15.2 Å². The molecule has 0 spiro atoms. The Labute approximate surface area is 140 Å². The van der Waals surface area contributed by atoms with Gasteiger partial charge in [0, 0.05) is 23.1 Å². The smallest absolute Gasteiger partial charge is 0.183 e. The van der Waals surface area contributed by atoms with Crippen molar-refractivity contribution in [2.75, 3.05) is 12.4 Å². The van der Waals surface area contributed by atoms with E-state index in [1.807, 2.05) is 5.38 Å². The Morgan fingerprint density at radius 3 is 2.87 bits per heavy atom. The van der Waals surface area contributed by atoms with Crippen LogP contribution in [0.4, 0.5) is 10.8 Å². The predicted octanol–water partition coefficient (Wildman–Crippen LogP) is 4.64. The van der Waals surface area contributed by atoms with Gasteiger partial charge in [-0.05, 0) is 39.0 Å². The van der Waals surface area contributed by atoms with Gasteiger partial charge in [0.25, 0.3) is 0 Å². The van der Waals surface area contributed by atoms with Crippen LogP contribution in [0.1, 0.15) is 32.0 Å². The summed E-state index contributed by atoms with van der Waals surface area (Å²) < 4.78 is 5.22. The largest absolute Gasteiger partial charge is 0.508 e. The first-order valence-corrected chi connectivity index (χ1v) is 8.21. The quantitative estimate of drug-likeness (QED) is 0.597. The van der Waals surface area contributed by atoms with Crippen molar-refractivity contribution in [2.45, 2.75) is 26.8 Å². The molecule has 0 unspecified atom stereocenters. The highest BCUT2D eigenvalue weighted by atomic mass is 32.1. The van der Waals surface area contributed by atoms with E-state index in [0.29, 0.717) is 23.0 Å². The van der Waals surface area contributed by atoms with Crippen LogP contribution in [0.2, 0.25) is 0 Å². The van der Waals surface area contributed by atoms with Gasteiger partial charge in [-0.1, -0.05) is 0 Å². The summed E-state index contributed by atoms with van der Waals surface area (Å²) in [6.07, 6.45) is 3.32. The lowest BCUT2D eigenvalue weighted by Gasteiger charge is -2.07. The highest BCUT2D eigenvalue weighted by Gasteiger charge is 2.07. The number of ether oxygens (including phenoxy) is 1. The summed E-state index contributed by atoms with van der Waals surface area (Å²) in [6.45, 7) is 5.91. The van der Waals surface area contributed by atoms with E-state index in [1.165, 1.54) is 11.3 Å². The Morgan fingerprint density at radius 1 is 1.43 bits per heavy atom. The number of aliphatic hydroxyl groups is 1. The fourth-order valence-electron chi connectivity index (χ4n) is 1.91. The van der Waals surface area contributed by atoms with Crippen molar-refractivity contribution < 1.29 is 9.84 Å². The molecule has 0 saturated carbocycles. The van der Waals surface area contributed by atoms with Crippen LogP contribution in [0.5, 0.6) is 5.75 Å². The molecule has 6 heteroatoms. The van der Waals surface area contributed by atoms with Gasteiger partial charge >= 0.3 is 0 Å². The van der Waals surface area contributed by atoms with Crippen molar-refractivity contribution in [3.05, 3.63) is 40.9 Å². The average Bonchev–Trinajstić information content (AvgIpc) is 2.98. The molecule has 0 fully saturated rings. The number of rotatable bonds is 6. The molecule has 2 rings (SSSR count). The minimum absolute atomic E-state index is 0.181. The molecule has 5 nitrogen and oxygen atoms in total. The number of benzene rings is 1. The number of methoxy groups -OCH3 is 1. The summed E-state index contributed by atoms with van der Waals surface area (Å²) in [6, 6.07) is 5.70. The molecule has 0 amide bonds. The normalized spacial score (nSPS) is 12.1. The van der Waals surface area contributed by atoms with E-state index in [0.717, 1.165) is 10.8 Å². The first-order chi connectivity index (χ1) is 11.0. The minimum atomic E-state index is 0.181. The van der Waals surface area contributed by atoms with Crippen molar-refractivity contribution in [2.24, 2.45) is 4.99 Å². The van der Waals surface area contributed by atoms with Crippen molar-refractivity contribution >= 4 is 34.1 Å². The zero-order chi connectivity index (χ0) is 16.8. The molecule has 0 bridgehead atoms. The molecule has 0 radical (unpaired) electrons. The van der Waals surface area contributed by atoms with Gasteiger partial charge in [-0.3, -0.25) is 4.99 Å². The molecule has 23 heavy (non-hydrogen) atoms. The molecule has 1 heterocycles. The third kappa shape index (κ3) is 4.56. The number of hydrogen-bond acceptors (Lipinski definition) is 6. The second-order valence-electron chi connectivity index (χ2n) is 5.19. The van der Waals surface area contributed by atoms with Crippen LogP contribution in [0, 0.1) is 0 Å². The van der Waals surface area contributed by atoms with Gasteiger partial charge in [0.1, 0.15) is 11.5 Å². The van der Waals surface area contributed by atoms with E-state index >= 15 is 0 Å². The summed E-state index contributed by atoms with van der Waals surface area (Å²) in [4.78, 5) is 8.91. The molecule has 122 valence electrons. The zero-order valence-corrected chi connectivity index (χ0v) is 14.5. The molecule has 1 aromatic heterocycles. The van der Waals surface area contributed by atoms with Crippen LogP contribution in [-0.2, 0) is 0 Å². The van der Waals surface area contributed by atoms with Gasteiger partial charge in [-0.15, -0.1) is 11.3 Å². The SMILES string of the molecule is C/C=C(/O)c1ccc(OC)cc1N=Cc1csc(NC(C)C)n1. The summed E-state index contributed by atoms with van der Waals surface area (Å²) >= 11 is 1.54. The van der Waals surface area contributed by atoms with Crippen LogP contribution >= 0.6 is 11.3 Å². The molecular weight excluding hydrogens is 310 g/mol. The van der Waals surface area contributed by atoms with Gasteiger partial charge in [-0.25, -0.2) is 4.98 Å². The van der Waals surface area contributed by atoms with Crippen molar-refractivity contribution in [3.8, 4) is 5.75 Å². The first-order valence-electron chi connectivity index (χ1n) is 7.33. The maximum Gasteiger partial charge on any atom is 0.183 e. The van der Waals surface area contributed by atoms with Crippen LogP contribution in [0.25, 0.3) is 5.76 Å². The molecule has 0 atom stereocenters. The van der Waals surface area contributed by atoms with Crippen LogP contribution in [0.15, 0.2) is 34.6 Å². The number of thiazole rings is 1. The van der Waals surface area contributed by atoms with E-state index in [2.05, 4.69) is 29.1 Å². The van der Waals surface area contributed by atoms with Gasteiger partial charge in [0.15, 0.2) is 5.13 Å². The van der Waals surface area contributed by atoms with Crippen LogP contribution in [0.3, 0.4) is 0 Å². The van der Waals surface area contributed by atoms with Crippen molar-refractivity contribution in [1.29, 1.82) is 0 Å². The Hall–Kier alpha value is -2.34. The molecular formula is C17H21N3O2S. The zero-order valence-electron chi connectivity index (χ0n) is 13.7. The van der Waals surface area contributed by atoms with E-state index < -0.39 is 0 Å². The Balaban J connectivity index is 2.28. The topological polar surface area (TPSA) is 66.7 Å². The molecule has 0 aliphatic heterocycles. The maximum absolute atomic E-state index is 10.00. The third-order valence-electron chi connectivity index (χ3n) is 3.02. The second-order valence-corrected chi connectivity index (χ2v) is 6.05. The Bertz CT molecular complexity index is 720. The number of aromatic nitrogens is 1. The standard InChI is InChI=1S/C17H21N3O2S/c1-5-16(21)14-7-6-13(22-4)8-15(14)18-9-12-10-23-17(20-12)19-11(2)3/h5-11,21H,1-4H3,(H,19,20)/b16-5+,18-9?. The summed E-state index contributed by atoms with van der Waals surface area (Å²) in [5, 5.41) is 16.1. The molecule has 1 aromatic carbocycles. The van der Waals surface area contributed by atoms with E-state index in [1.54, 1.807) is 44.5 Å². The third-order valence-corrected chi connectivity index (χ3v) is 3.82. The van der Waals surface area contributed by atoms with E-state index in [-0.39, 0.29) is 5.76 Å². The van der Waals surface area contributed by atoms with Crippen LogP contribution < -0.4 is 10.1 Å². The van der Waals surface area contributed by atoms with Crippen molar-refractivity contribution in [3.63, 3.8) is 0 Å². The predicted molar refractivity (Wildman–Crippen MR) is 97.4 cm³/mol. The summed E-state index contributed by atoms with van der Waals surface area (Å²) in [7, 11) is 1.60. The fourth-order valence-corrected chi connectivity index (χ4v) is 2.72. The maximum atomic E-state index is 10.00. The lowest BCUT2D eigenvalue weighted by molar-refractivity contribution is 0.415. The van der Waals surface area contributed by atoms with Crippen LogP contribution in [-0.4, -0.2) is 29.5 Å². The molecule has 2 N–H and O–H groups in total. The van der Waals surface area contributed by atoms with Crippen molar-refractivity contribution in [1.82, 2.24) is 4.98 Å². The van der Waals surface area contributed by atoms with Gasteiger partial charge in [0.05, 0.1) is 24.7 Å². The average molecular weight is 331 g/mol. The highest BCUT2D eigenvalue weighted by Crippen LogP contribution is 2.29. The van der Waals surface area contributed by atoms with E-state index in [4.69, 9.17) is 4.74 Å². The number of nitrogens with zero attached hydrogens (tertiary/aromatic N) is 2. The first kappa shape index (κ1) is 17.0. The Kier molecular flexibility index (Phi) is 5.76. The minimum Gasteiger partial charge on any atom is -0.508 e. The molecule has 0 aliphatic rings. The highest BCUT2D eigenvalue weighted by molar-refractivity contribution is 7.13. The van der Waals surface area contributed by atoms with E-state index in [9.17, 15) is 5.11 Å². The monoisotopic (exact) mass is 331 g/mol. The number of hydrogen-bond donors (Lipinski definition) is 2. The summed E-state index contributed by atoms with van der Waals surface area (Å²) in [5.41, 5.74) is 2.05. The number of aliphatic hydroxyl groups excluding tert-OH is 1. The Morgan fingerprint density at radius 2 is 2.22 bits per heavy atom. The number of nitrogens with one attached hydrogen (secondary N) is 1. The molecule has 0 aliphatic carbocycles. The molecule has 2 aromatic rings. The lowest BCUT2D eigenvalue weighted by Crippen LogP contribution is -2.09. The van der Waals surface area contributed by atoms with Gasteiger partial charge in [-0.2, -0.15) is 0 Å². The van der Waals surface area contributed by atoms with Gasteiger partial charge in [0.2, 0.25) is 0 Å². The summed E-state index contributed by atoms with van der Waals surface area (Å²) in [5.74, 6) is 0.866. The lowest BCUT2D eigenvalue weighted by atomic mass is 10.1. The number of aliphatic imine (C=N–C) groups is 1. The fraction of sp³-hybridized carbons (Fsp3) is 0.294. The number of allylic oxidation sites excluding steroid dienone is 1. The number of anilines is 1. The second kappa shape index (κ2) is 7.78.